The van der Waals surface area contributed by atoms with Crippen LogP contribution < -0.4 is 14.8 Å². The Morgan fingerprint density at radius 3 is 2.84 bits per heavy atom. The van der Waals surface area contributed by atoms with Gasteiger partial charge in [0.1, 0.15) is 12.2 Å². The number of aromatic nitrogens is 3. The number of ether oxygens (including phenoxy) is 2. The molecule has 2 aromatic rings. The third-order valence-electron chi connectivity index (χ3n) is 2.95. The summed E-state index contributed by atoms with van der Waals surface area (Å²) in [5.74, 6) is 2.47. The molecule has 1 aliphatic heterocycles. The molecule has 6 nitrogen and oxygen atoms in total. The minimum atomic E-state index is 0.289. The fourth-order valence-electron chi connectivity index (χ4n) is 1.87. The van der Waals surface area contributed by atoms with E-state index in [0.29, 0.717) is 13.1 Å². The van der Waals surface area contributed by atoms with E-state index in [1.165, 1.54) is 0 Å². The van der Waals surface area contributed by atoms with Crippen LogP contribution in [0.5, 0.6) is 11.5 Å². The second kappa shape index (κ2) is 5.18. The second-order valence-electron chi connectivity index (χ2n) is 4.26. The summed E-state index contributed by atoms with van der Waals surface area (Å²) >= 11 is 3.53. The highest BCUT2D eigenvalue weighted by atomic mass is 79.9. The van der Waals surface area contributed by atoms with Crippen LogP contribution in [0.15, 0.2) is 22.9 Å². The van der Waals surface area contributed by atoms with Crippen molar-refractivity contribution < 1.29 is 9.47 Å². The summed E-state index contributed by atoms with van der Waals surface area (Å²) in [6, 6.07) is 3.91. The van der Waals surface area contributed by atoms with Crippen LogP contribution in [-0.2, 0) is 20.1 Å². The zero-order valence-electron chi connectivity index (χ0n) is 10.4. The number of nitrogens with zero attached hydrogens (tertiary/aromatic N) is 3. The molecule has 1 aliphatic rings. The number of hydrogen-bond donors (Lipinski definition) is 1. The average Bonchev–Trinajstić information content (AvgIpc) is 2.99. The average molecular weight is 325 g/mol. The summed E-state index contributed by atoms with van der Waals surface area (Å²) in [5.41, 5.74) is 1.12. The number of hydrogen-bond acceptors (Lipinski definition) is 5. The van der Waals surface area contributed by atoms with Gasteiger partial charge in [0.15, 0.2) is 11.5 Å². The van der Waals surface area contributed by atoms with Crippen LogP contribution in [0.3, 0.4) is 0 Å². The van der Waals surface area contributed by atoms with Gasteiger partial charge in [-0.1, -0.05) is 15.9 Å². The highest BCUT2D eigenvalue weighted by Gasteiger charge is 2.16. The smallest absolute Gasteiger partial charge is 0.231 e. The van der Waals surface area contributed by atoms with Crippen molar-refractivity contribution in [2.24, 2.45) is 7.05 Å². The van der Waals surface area contributed by atoms with Gasteiger partial charge in [-0.3, -0.25) is 0 Å². The van der Waals surface area contributed by atoms with Gasteiger partial charge in [-0.15, -0.1) is 10.2 Å². The molecule has 0 atom stereocenters. The van der Waals surface area contributed by atoms with E-state index in [1.54, 1.807) is 6.33 Å². The topological polar surface area (TPSA) is 61.2 Å². The summed E-state index contributed by atoms with van der Waals surface area (Å²) in [4.78, 5) is 0. The maximum absolute atomic E-state index is 5.37. The minimum Gasteiger partial charge on any atom is -0.454 e. The maximum atomic E-state index is 5.37. The first kappa shape index (κ1) is 12.4. The molecule has 0 saturated carbocycles. The zero-order valence-corrected chi connectivity index (χ0v) is 12.0. The summed E-state index contributed by atoms with van der Waals surface area (Å²) in [7, 11) is 1.92. The first-order valence-electron chi connectivity index (χ1n) is 5.85. The number of aryl methyl sites for hydroxylation is 1. The van der Waals surface area contributed by atoms with Gasteiger partial charge in [-0.2, -0.15) is 0 Å². The van der Waals surface area contributed by atoms with Crippen LogP contribution in [0.2, 0.25) is 0 Å². The Labute approximate surface area is 118 Å². The summed E-state index contributed by atoms with van der Waals surface area (Å²) in [6.07, 6.45) is 1.69. The Morgan fingerprint density at radius 2 is 2.11 bits per heavy atom. The van der Waals surface area contributed by atoms with Crippen LogP contribution in [-0.4, -0.2) is 21.6 Å². The summed E-state index contributed by atoms with van der Waals surface area (Å²) in [5, 5.41) is 11.2. The summed E-state index contributed by atoms with van der Waals surface area (Å²) in [6.45, 7) is 1.67. The van der Waals surface area contributed by atoms with Crippen LogP contribution in [0.4, 0.5) is 0 Å². The Morgan fingerprint density at radius 1 is 1.32 bits per heavy atom. The molecule has 7 heteroatoms. The first-order valence-corrected chi connectivity index (χ1v) is 6.65. The Kier molecular flexibility index (Phi) is 3.39. The quantitative estimate of drug-likeness (QED) is 0.925. The Bertz CT molecular complexity index is 599. The number of nitrogens with one attached hydrogen (secondary N) is 1. The van der Waals surface area contributed by atoms with Crippen molar-refractivity contribution in [3.05, 3.63) is 34.3 Å². The molecule has 0 radical (unpaired) electrons. The van der Waals surface area contributed by atoms with E-state index in [2.05, 4.69) is 31.4 Å². The number of fused-ring (bicyclic) bond motifs is 1. The van der Waals surface area contributed by atoms with Crippen molar-refractivity contribution >= 4 is 15.9 Å². The number of halogens is 1. The van der Waals surface area contributed by atoms with E-state index in [-0.39, 0.29) is 6.79 Å². The predicted molar refractivity (Wildman–Crippen MR) is 71.8 cm³/mol. The van der Waals surface area contributed by atoms with Crippen molar-refractivity contribution in [3.8, 4) is 11.5 Å². The zero-order chi connectivity index (χ0) is 13.2. The molecule has 0 saturated heterocycles. The lowest BCUT2D eigenvalue weighted by Crippen LogP contribution is -2.16. The van der Waals surface area contributed by atoms with E-state index in [9.17, 15) is 0 Å². The highest BCUT2D eigenvalue weighted by molar-refractivity contribution is 9.10. The van der Waals surface area contributed by atoms with Crippen molar-refractivity contribution in [2.45, 2.75) is 13.1 Å². The van der Waals surface area contributed by atoms with Crippen molar-refractivity contribution in [2.75, 3.05) is 6.79 Å². The number of rotatable bonds is 4. The van der Waals surface area contributed by atoms with Crippen molar-refractivity contribution in [3.63, 3.8) is 0 Å². The molecular weight excluding hydrogens is 312 g/mol. The van der Waals surface area contributed by atoms with Crippen LogP contribution in [0.25, 0.3) is 0 Å². The van der Waals surface area contributed by atoms with E-state index in [4.69, 9.17) is 9.47 Å². The molecule has 3 rings (SSSR count). The maximum Gasteiger partial charge on any atom is 0.231 e. The summed E-state index contributed by atoms with van der Waals surface area (Å²) < 4.78 is 13.6. The third-order valence-corrected chi connectivity index (χ3v) is 3.68. The van der Waals surface area contributed by atoms with Gasteiger partial charge in [0.2, 0.25) is 6.79 Å². The molecular formula is C12H13BrN4O2. The van der Waals surface area contributed by atoms with Gasteiger partial charge in [-0.05, 0) is 17.7 Å². The molecule has 1 N–H and O–H groups in total. The largest absolute Gasteiger partial charge is 0.454 e. The molecule has 0 spiro atoms. The Balaban J connectivity index is 1.66. The lowest BCUT2D eigenvalue weighted by molar-refractivity contribution is 0.174. The van der Waals surface area contributed by atoms with E-state index in [0.717, 1.165) is 27.4 Å². The lowest BCUT2D eigenvalue weighted by Gasteiger charge is -2.08. The van der Waals surface area contributed by atoms with Crippen LogP contribution >= 0.6 is 15.9 Å². The van der Waals surface area contributed by atoms with Crippen LogP contribution in [0.1, 0.15) is 11.4 Å². The molecule has 0 bridgehead atoms. The standard InChI is InChI=1S/C12H13BrN4O2/c1-17-6-15-16-12(17)5-14-4-8-2-10-11(3-9(8)13)19-7-18-10/h2-3,6,14H,4-5,7H2,1H3. The fraction of sp³-hybridized carbons (Fsp3) is 0.333. The molecule has 19 heavy (non-hydrogen) atoms. The molecule has 2 heterocycles. The molecule has 1 aromatic heterocycles. The normalized spacial score (nSPS) is 12.9. The van der Waals surface area contributed by atoms with Crippen LogP contribution in [0, 0.1) is 0 Å². The minimum absolute atomic E-state index is 0.289. The van der Waals surface area contributed by atoms with Gasteiger partial charge in [0.05, 0.1) is 6.54 Å². The Hall–Kier alpha value is -1.60. The van der Waals surface area contributed by atoms with Gasteiger partial charge in [0.25, 0.3) is 0 Å². The monoisotopic (exact) mass is 324 g/mol. The molecule has 0 amide bonds. The van der Waals surface area contributed by atoms with E-state index in [1.807, 2.05) is 23.7 Å². The van der Waals surface area contributed by atoms with Gasteiger partial charge >= 0.3 is 0 Å². The van der Waals surface area contributed by atoms with Gasteiger partial charge in [-0.25, -0.2) is 0 Å². The molecule has 1 aromatic carbocycles. The molecule has 0 unspecified atom stereocenters. The van der Waals surface area contributed by atoms with Gasteiger partial charge in [0, 0.05) is 18.1 Å². The lowest BCUT2D eigenvalue weighted by atomic mass is 10.2. The first-order chi connectivity index (χ1) is 9.24. The van der Waals surface area contributed by atoms with E-state index < -0.39 is 0 Å². The van der Waals surface area contributed by atoms with Gasteiger partial charge < -0.3 is 19.4 Å². The van der Waals surface area contributed by atoms with Crippen molar-refractivity contribution in [1.82, 2.24) is 20.1 Å². The second-order valence-corrected chi connectivity index (χ2v) is 5.11. The molecule has 0 aliphatic carbocycles. The van der Waals surface area contributed by atoms with Crippen molar-refractivity contribution in [1.29, 1.82) is 0 Å². The molecule has 0 fully saturated rings. The molecule has 100 valence electrons. The number of benzene rings is 1. The SMILES string of the molecule is Cn1cnnc1CNCc1cc2c(cc1Br)OCO2. The third kappa shape index (κ3) is 2.57. The van der Waals surface area contributed by atoms with E-state index >= 15 is 0 Å². The highest BCUT2D eigenvalue weighted by Crippen LogP contribution is 2.36. The predicted octanol–water partition coefficient (Wildman–Crippen LogP) is 1.60. The fourth-order valence-corrected chi connectivity index (χ4v) is 2.33.